The molecular formula is C26H16ClF3O7. The number of carbonyl (C=O) groups excluding carboxylic acids is 2. The molecule has 0 amide bonds. The van der Waals surface area contributed by atoms with Gasteiger partial charge in [0.15, 0.2) is 0 Å². The lowest BCUT2D eigenvalue weighted by molar-refractivity contribution is -0.154. The average molecular weight is 533 g/mol. The minimum atomic E-state index is -5.10. The molecule has 1 heterocycles. The zero-order valence-electron chi connectivity index (χ0n) is 18.9. The first-order valence-electron chi connectivity index (χ1n) is 10.7. The quantitative estimate of drug-likeness (QED) is 0.203. The molecule has 0 spiro atoms. The van der Waals surface area contributed by atoms with Crippen LogP contribution in [0.25, 0.3) is 11.0 Å². The van der Waals surface area contributed by atoms with Crippen molar-refractivity contribution in [2.24, 2.45) is 0 Å². The molecule has 3 aromatic carbocycles. The lowest BCUT2D eigenvalue weighted by atomic mass is 10.2. The van der Waals surface area contributed by atoms with Crippen LogP contribution in [0.4, 0.5) is 13.2 Å². The minimum absolute atomic E-state index is 0.114. The maximum Gasteiger partial charge on any atom is 0.453 e. The van der Waals surface area contributed by atoms with E-state index in [0.29, 0.717) is 0 Å². The first kappa shape index (κ1) is 25.8. The normalized spacial score (nSPS) is 11.3. The third kappa shape index (κ3) is 5.75. The second-order valence-electron chi connectivity index (χ2n) is 7.49. The van der Waals surface area contributed by atoms with E-state index in [2.05, 4.69) is 0 Å². The number of benzene rings is 3. The number of carbonyl (C=O) groups is 2. The number of halogens is 4. The standard InChI is InChI=1S/C26H16ClF3O7/c1-2-34-24(32)14-6-8-17(9-7-14)35-22-21(31)19-11-10-18(13-20(19)37-23(22)26(28,29)30)36-25(33)15-4-3-5-16(27)12-15/h3-13H,2H2,1H3. The highest BCUT2D eigenvalue weighted by molar-refractivity contribution is 6.30. The summed E-state index contributed by atoms with van der Waals surface area (Å²) >= 11 is 5.86. The molecule has 0 aliphatic heterocycles. The number of rotatable bonds is 6. The highest BCUT2D eigenvalue weighted by Crippen LogP contribution is 2.38. The van der Waals surface area contributed by atoms with Gasteiger partial charge in [-0.25, -0.2) is 9.59 Å². The smallest absolute Gasteiger partial charge is 0.453 e. The second-order valence-corrected chi connectivity index (χ2v) is 7.93. The van der Waals surface area contributed by atoms with Crippen molar-refractivity contribution in [2.75, 3.05) is 6.61 Å². The van der Waals surface area contributed by atoms with Crippen LogP contribution >= 0.6 is 11.6 Å². The largest absolute Gasteiger partial charge is 0.462 e. The Labute approximate surface area is 211 Å². The zero-order chi connectivity index (χ0) is 26.7. The van der Waals surface area contributed by atoms with Crippen LogP contribution in [0.3, 0.4) is 0 Å². The first-order chi connectivity index (χ1) is 17.6. The van der Waals surface area contributed by atoms with Crippen LogP contribution in [-0.4, -0.2) is 18.5 Å². The predicted molar refractivity (Wildman–Crippen MR) is 126 cm³/mol. The number of esters is 2. The van der Waals surface area contributed by atoms with Crippen molar-refractivity contribution in [2.45, 2.75) is 13.1 Å². The summed E-state index contributed by atoms with van der Waals surface area (Å²) in [6, 6.07) is 14.3. The van der Waals surface area contributed by atoms with Gasteiger partial charge >= 0.3 is 18.1 Å². The summed E-state index contributed by atoms with van der Waals surface area (Å²) in [4.78, 5) is 37.1. The molecule has 0 saturated heterocycles. The van der Waals surface area contributed by atoms with E-state index in [-0.39, 0.29) is 39.6 Å². The first-order valence-corrected chi connectivity index (χ1v) is 11.1. The van der Waals surface area contributed by atoms with Gasteiger partial charge in [0.1, 0.15) is 17.1 Å². The van der Waals surface area contributed by atoms with Crippen molar-refractivity contribution in [3.63, 3.8) is 0 Å². The Morgan fingerprint density at radius 3 is 2.27 bits per heavy atom. The maximum absolute atomic E-state index is 13.8. The average Bonchev–Trinajstić information content (AvgIpc) is 2.85. The minimum Gasteiger partial charge on any atom is -0.462 e. The molecule has 0 unspecified atom stereocenters. The van der Waals surface area contributed by atoms with Crippen LogP contribution < -0.4 is 14.9 Å². The van der Waals surface area contributed by atoms with E-state index in [1.807, 2.05) is 0 Å². The van der Waals surface area contributed by atoms with E-state index >= 15 is 0 Å². The van der Waals surface area contributed by atoms with Crippen LogP contribution in [0.2, 0.25) is 5.02 Å². The number of hydrogen-bond donors (Lipinski definition) is 0. The summed E-state index contributed by atoms with van der Waals surface area (Å²) in [6.07, 6.45) is -5.10. The Morgan fingerprint density at radius 2 is 1.62 bits per heavy atom. The lowest BCUT2D eigenvalue weighted by Crippen LogP contribution is -2.15. The van der Waals surface area contributed by atoms with E-state index in [1.54, 1.807) is 13.0 Å². The molecule has 0 bridgehead atoms. The summed E-state index contributed by atoms with van der Waals surface area (Å²) in [5, 5.41) is 0.0468. The van der Waals surface area contributed by atoms with Crippen molar-refractivity contribution in [1.82, 2.24) is 0 Å². The van der Waals surface area contributed by atoms with Crippen LogP contribution in [0.1, 0.15) is 33.4 Å². The van der Waals surface area contributed by atoms with Gasteiger partial charge in [0, 0.05) is 11.1 Å². The Kier molecular flexibility index (Phi) is 7.21. The van der Waals surface area contributed by atoms with Crippen molar-refractivity contribution in [3.8, 4) is 17.2 Å². The molecule has 0 atom stereocenters. The van der Waals surface area contributed by atoms with Crippen LogP contribution in [0.5, 0.6) is 17.2 Å². The molecule has 4 aromatic rings. The molecule has 0 aliphatic carbocycles. The molecular weight excluding hydrogens is 517 g/mol. The van der Waals surface area contributed by atoms with Crippen molar-refractivity contribution < 1.29 is 41.4 Å². The van der Waals surface area contributed by atoms with Crippen molar-refractivity contribution in [1.29, 1.82) is 0 Å². The van der Waals surface area contributed by atoms with Gasteiger partial charge in [-0.15, -0.1) is 0 Å². The zero-order valence-corrected chi connectivity index (χ0v) is 19.7. The monoisotopic (exact) mass is 532 g/mol. The summed E-state index contributed by atoms with van der Waals surface area (Å²) in [5.74, 6) is -4.51. The maximum atomic E-state index is 13.8. The van der Waals surface area contributed by atoms with E-state index in [1.165, 1.54) is 48.5 Å². The number of fused-ring (bicyclic) bond motifs is 1. The Hall–Kier alpha value is -4.31. The fourth-order valence-electron chi connectivity index (χ4n) is 3.27. The SMILES string of the molecule is CCOC(=O)c1ccc(Oc2c(C(F)(F)F)oc3cc(OC(=O)c4cccc(Cl)c4)ccc3c2=O)cc1. The number of hydrogen-bond acceptors (Lipinski definition) is 7. The number of ether oxygens (including phenoxy) is 3. The van der Waals surface area contributed by atoms with Crippen LogP contribution in [0.15, 0.2) is 75.9 Å². The van der Waals surface area contributed by atoms with Gasteiger partial charge < -0.3 is 18.6 Å². The van der Waals surface area contributed by atoms with E-state index in [4.69, 9.17) is 30.2 Å². The summed E-state index contributed by atoms with van der Waals surface area (Å²) in [6.45, 7) is 1.77. The highest BCUT2D eigenvalue weighted by Gasteiger charge is 2.40. The van der Waals surface area contributed by atoms with Crippen LogP contribution in [0, 0.1) is 0 Å². The van der Waals surface area contributed by atoms with Crippen molar-refractivity contribution >= 4 is 34.5 Å². The third-order valence-electron chi connectivity index (χ3n) is 4.94. The molecule has 0 radical (unpaired) electrons. The fourth-order valence-corrected chi connectivity index (χ4v) is 3.46. The number of alkyl halides is 3. The third-order valence-corrected chi connectivity index (χ3v) is 5.17. The molecule has 0 aliphatic rings. The van der Waals surface area contributed by atoms with Gasteiger partial charge in [-0.05, 0) is 61.5 Å². The topological polar surface area (TPSA) is 92.0 Å². The summed E-state index contributed by atoms with van der Waals surface area (Å²) in [5.41, 5.74) is -1.31. The molecule has 4 rings (SSSR count). The van der Waals surface area contributed by atoms with Crippen molar-refractivity contribution in [3.05, 3.63) is 98.9 Å². The Balaban J connectivity index is 1.69. The van der Waals surface area contributed by atoms with Crippen LogP contribution in [-0.2, 0) is 10.9 Å². The molecule has 1 aromatic heterocycles. The fraction of sp³-hybridized carbons (Fsp3) is 0.115. The predicted octanol–water partition coefficient (Wildman–Crippen LogP) is 6.65. The summed E-state index contributed by atoms with van der Waals surface area (Å²) < 4.78 is 61.8. The molecule has 0 N–H and O–H groups in total. The van der Waals surface area contributed by atoms with Gasteiger partial charge in [0.25, 0.3) is 5.76 Å². The molecule has 0 fully saturated rings. The summed E-state index contributed by atoms with van der Waals surface area (Å²) in [7, 11) is 0. The van der Waals surface area contributed by atoms with Gasteiger partial charge in [-0.1, -0.05) is 17.7 Å². The molecule has 0 saturated carbocycles. The molecule has 7 nitrogen and oxygen atoms in total. The Bertz CT molecular complexity index is 1540. The van der Waals surface area contributed by atoms with Gasteiger partial charge in [0.05, 0.1) is 23.1 Å². The van der Waals surface area contributed by atoms with Gasteiger partial charge in [0.2, 0.25) is 11.2 Å². The van der Waals surface area contributed by atoms with E-state index in [9.17, 15) is 27.6 Å². The van der Waals surface area contributed by atoms with E-state index in [0.717, 1.165) is 12.1 Å². The van der Waals surface area contributed by atoms with Gasteiger partial charge in [-0.2, -0.15) is 13.2 Å². The molecule has 37 heavy (non-hydrogen) atoms. The highest BCUT2D eigenvalue weighted by atomic mass is 35.5. The second kappa shape index (κ2) is 10.4. The van der Waals surface area contributed by atoms with E-state index < -0.39 is 40.6 Å². The molecule has 190 valence electrons. The lowest BCUT2D eigenvalue weighted by Gasteiger charge is -2.14. The molecule has 11 heteroatoms. The van der Waals surface area contributed by atoms with Gasteiger partial charge in [-0.3, -0.25) is 4.79 Å². The Morgan fingerprint density at radius 1 is 0.919 bits per heavy atom.